The van der Waals surface area contributed by atoms with E-state index in [9.17, 15) is 4.79 Å². The average molecular weight is 286 g/mol. The summed E-state index contributed by atoms with van der Waals surface area (Å²) in [5, 5.41) is 15.1. The van der Waals surface area contributed by atoms with Crippen LogP contribution in [0.2, 0.25) is 0 Å². The van der Waals surface area contributed by atoms with Crippen LogP contribution in [0, 0.1) is 0 Å². The standard InChI is InChI=1S/C14H18N6O/c15-12-8-4-3-7-11(12)14-17-19-20(18-14)9-13(21)16-10-5-1-2-6-10/h3-4,7-8,10H,1-2,5-6,9,15H2,(H,16,21). The highest BCUT2D eigenvalue weighted by Crippen LogP contribution is 2.20. The molecular formula is C14H18N6O. The fraction of sp³-hybridized carbons (Fsp3) is 0.429. The van der Waals surface area contributed by atoms with Gasteiger partial charge in [0.25, 0.3) is 0 Å². The Balaban J connectivity index is 1.65. The Bertz CT molecular complexity index is 632. The number of carbonyl (C=O) groups is 1. The molecule has 110 valence electrons. The van der Waals surface area contributed by atoms with Crippen molar-refractivity contribution in [3.63, 3.8) is 0 Å². The molecule has 1 aliphatic rings. The summed E-state index contributed by atoms with van der Waals surface area (Å²) >= 11 is 0. The number of nitrogens with two attached hydrogens (primary N) is 1. The molecule has 7 heteroatoms. The molecule has 0 unspecified atom stereocenters. The highest BCUT2D eigenvalue weighted by Gasteiger charge is 2.18. The van der Waals surface area contributed by atoms with Gasteiger partial charge in [-0.3, -0.25) is 4.79 Å². The number of para-hydroxylation sites is 1. The fourth-order valence-corrected chi connectivity index (χ4v) is 2.59. The van der Waals surface area contributed by atoms with Crippen molar-refractivity contribution in [2.75, 3.05) is 5.73 Å². The maximum atomic E-state index is 11.9. The predicted octanol–water partition coefficient (Wildman–Crippen LogP) is 0.981. The molecule has 1 heterocycles. The molecule has 0 aliphatic heterocycles. The number of benzene rings is 1. The average Bonchev–Trinajstić information content (AvgIpc) is 3.11. The topological polar surface area (TPSA) is 98.7 Å². The molecule has 3 rings (SSSR count). The Kier molecular flexibility index (Phi) is 3.81. The van der Waals surface area contributed by atoms with Crippen molar-refractivity contribution in [3.8, 4) is 11.4 Å². The number of nitrogen functional groups attached to an aromatic ring is 1. The number of tetrazole rings is 1. The van der Waals surface area contributed by atoms with Crippen LogP contribution in [0.15, 0.2) is 24.3 Å². The molecule has 3 N–H and O–H groups in total. The summed E-state index contributed by atoms with van der Waals surface area (Å²) in [5.41, 5.74) is 7.19. The molecule has 1 aromatic carbocycles. The predicted molar refractivity (Wildman–Crippen MR) is 78.1 cm³/mol. The molecule has 21 heavy (non-hydrogen) atoms. The van der Waals surface area contributed by atoms with Crippen LogP contribution in [-0.2, 0) is 11.3 Å². The number of hydrogen-bond donors (Lipinski definition) is 2. The number of nitrogens with zero attached hydrogens (tertiary/aromatic N) is 4. The summed E-state index contributed by atoms with van der Waals surface area (Å²) in [6.07, 6.45) is 4.48. The first-order valence-corrected chi connectivity index (χ1v) is 7.14. The molecule has 0 spiro atoms. The van der Waals surface area contributed by atoms with E-state index in [0.29, 0.717) is 17.6 Å². The van der Waals surface area contributed by atoms with E-state index in [1.54, 1.807) is 6.07 Å². The van der Waals surface area contributed by atoms with Gasteiger partial charge in [0.05, 0.1) is 0 Å². The fourth-order valence-electron chi connectivity index (χ4n) is 2.59. The van der Waals surface area contributed by atoms with Gasteiger partial charge in [-0.25, -0.2) is 0 Å². The lowest BCUT2D eigenvalue weighted by Gasteiger charge is -2.10. The summed E-state index contributed by atoms with van der Waals surface area (Å²) in [4.78, 5) is 13.2. The molecule has 1 aromatic heterocycles. The quantitative estimate of drug-likeness (QED) is 0.816. The van der Waals surface area contributed by atoms with Gasteiger partial charge in [0, 0.05) is 17.3 Å². The largest absolute Gasteiger partial charge is 0.398 e. The molecule has 0 bridgehead atoms. The SMILES string of the molecule is Nc1ccccc1-c1nnn(CC(=O)NC2CCCC2)n1. The first kappa shape index (κ1) is 13.5. The second kappa shape index (κ2) is 5.90. The normalized spacial score (nSPS) is 15.2. The van der Waals surface area contributed by atoms with E-state index in [4.69, 9.17) is 5.73 Å². The zero-order chi connectivity index (χ0) is 14.7. The first-order chi connectivity index (χ1) is 10.2. The van der Waals surface area contributed by atoms with Crippen molar-refractivity contribution in [2.45, 2.75) is 38.3 Å². The van der Waals surface area contributed by atoms with Crippen LogP contribution >= 0.6 is 0 Å². The van der Waals surface area contributed by atoms with Gasteiger partial charge in [-0.1, -0.05) is 25.0 Å². The van der Waals surface area contributed by atoms with Gasteiger partial charge < -0.3 is 11.1 Å². The minimum atomic E-state index is -0.0770. The molecule has 1 saturated carbocycles. The molecule has 0 radical (unpaired) electrons. The maximum Gasteiger partial charge on any atom is 0.243 e. The lowest BCUT2D eigenvalue weighted by Crippen LogP contribution is -2.35. The van der Waals surface area contributed by atoms with Crippen LogP contribution < -0.4 is 11.1 Å². The molecule has 1 fully saturated rings. The molecule has 0 atom stereocenters. The monoisotopic (exact) mass is 286 g/mol. The van der Waals surface area contributed by atoms with Crippen LogP contribution in [0.4, 0.5) is 5.69 Å². The molecule has 1 aliphatic carbocycles. The van der Waals surface area contributed by atoms with E-state index in [1.807, 2.05) is 18.2 Å². The molecule has 0 saturated heterocycles. The number of amides is 1. The Morgan fingerprint density at radius 1 is 1.33 bits per heavy atom. The van der Waals surface area contributed by atoms with Gasteiger partial charge in [-0.2, -0.15) is 4.80 Å². The highest BCUT2D eigenvalue weighted by atomic mass is 16.2. The Hall–Kier alpha value is -2.44. The summed E-state index contributed by atoms with van der Waals surface area (Å²) in [6, 6.07) is 7.61. The molecule has 1 amide bonds. The summed E-state index contributed by atoms with van der Waals surface area (Å²) in [7, 11) is 0. The zero-order valence-corrected chi connectivity index (χ0v) is 11.7. The summed E-state index contributed by atoms with van der Waals surface area (Å²) in [6.45, 7) is 0.0796. The van der Waals surface area contributed by atoms with Crippen LogP contribution in [0.25, 0.3) is 11.4 Å². The van der Waals surface area contributed by atoms with E-state index in [0.717, 1.165) is 18.4 Å². The Labute approximate surface area is 122 Å². The maximum absolute atomic E-state index is 11.9. The van der Waals surface area contributed by atoms with Gasteiger partial charge in [-0.15, -0.1) is 10.2 Å². The lowest BCUT2D eigenvalue weighted by molar-refractivity contribution is -0.122. The second-order valence-electron chi connectivity index (χ2n) is 5.28. The smallest absolute Gasteiger partial charge is 0.243 e. The van der Waals surface area contributed by atoms with Crippen LogP contribution in [-0.4, -0.2) is 32.2 Å². The number of aromatic nitrogens is 4. The van der Waals surface area contributed by atoms with Crippen molar-refractivity contribution in [3.05, 3.63) is 24.3 Å². The van der Waals surface area contributed by atoms with Crippen molar-refractivity contribution in [1.29, 1.82) is 0 Å². The van der Waals surface area contributed by atoms with Crippen LogP contribution in [0.3, 0.4) is 0 Å². The third-order valence-electron chi connectivity index (χ3n) is 3.66. The lowest BCUT2D eigenvalue weighted by atomic mass is 10.2. The number of hydrogen-bond acceptors (Lipinski definition) is 5. The van der Waals surface area contributed by atoms with E-state index in [-0.39, 0.29) is 12.5 Å². The van der Waals surface area contributed by atoms with Crippen molar-refractivity contribution < 1.29 is 4.79 Å². The van der Waals surface area contributed by atoms with Crippen LogP contribution in [0.5, 0.6) is 0 Å². The van der Waals surface area contributed by atoms with Crippen molar-refractivity contribution in [2.24, 2.45) is 0 Å². The van der Waals surface area contributed by atoms with Gasteiger partial charge >= 0.3 is 0 Å². The Morgan fingerprint density at radius 3 is 2.86 bits per heavy atom. The van der Waals surface area contributed by atoms with E-state index >= 15 is 0 Å². The first-order valence-electron chi connectivity index (χ1n) is 7.14. The summed E-state index contributed by atoms with van der Waals surface area (Å²) < 4.78 is 0. The van der Waals surface area contributed by atoms with Gasteiger partial charge in [0.15, 0.2) is 0 Å². The number of carbonyl (C=O) groups excluding carboxylic acids is 1. The molecule has 2 aromatic rings. The number of nitrogens with one attached hydrogen (secondary N) is 1. The number of anilines is 1. The Morgan fingerprint density at radius 2 is 2.10 bits per heavy atom. The van der Waals surface area contributed by atoms with Gasteiger partial charge in [-0.05, 0) is 30.2 Å². The van der Waals surface area contributed by atoms with Gasteiger partial charge in [0.1, 0.15) is 6.54 Å². The number of rotatable bonds is 4. The van der Waals surface area contributed by atoms with E-state index in [1.165, 1.54) is 17.6 Å². The molecular weight excluding hydrogens is 268 g/mol. The van der Waals surface area contributed by atoms with Crippen molar-refractivity contribution in [1.82, 2.24) is 25.5 Å². The third-order valence-corrected chi connectivity index (χ3v) is 3.66. The minimum absolute atomic E-state index is 0.0770. The minimum Gasteiger partial charge on any atom is -0.398 e. The zero-order valence-electron chi connectivity index (χ0n) is 11.7. The van der Waals surface area contributed by atoms with Gasteiger partial charge in [0.2, 0.25) is 11.7 Å². The third kappa shape index (κ3) is 3.18. The van der Waals surface area contributed by atoms with E-state index < -0.39 is 0 Å². The summed E-state index contributed by atoms with van der Waals surface area (Å²) in [5.74, 6) is 0.355. The van der Waals surface area contributed by atoms with Crippen LogP contribution in [0.1, 0.15) is 25.7 Å². The second-order valence-corrected chi connectivity index (χ2v) is 5.28. The van der Waals surface area contributed by atoms with Crippen molar-refractivity contribution >= 4 is 11.6 Å². The highest BCUT2D eigenvalue weighted by molar-refractivity contribution is 5.76. The van der Waals surface area contributed by atoms with E-state index in [2.05, 4.69) is 20.7 Å². The molecule has 7 nitrogen and oxygen atoms in total.